The van der Waals surface area contributed by atoms with E-state index in [-0.39, 0.29) is 5.56 Å². The molecule has 0 aliphatic rings. The number of rotatable bonds is 4. The number of aromatic nitrogens is 4. The van der Waals surface area contributed by atoms with E-state index in [1.54, 1.807) is 0 Å². The molecule has 0 spiro atoms. The monoisotopic (exact) mass is 396 g/mol. The van der Waals surface area contributed by atoms with Crippen LogP contribution >= 0.6 is 0 Å². The summed E-state index contributed by atoms with van der Waals surface area (Å²) in [6.07, 6.45) is 3.39. The van der Waals surface area contributed by atoms with Crippen LogP contribution in [0.2, 0.25) is 0 Å². The Morgan fingerprint density at radius 1 is 0.900 bits per heavy atom. The van der Waals surface area contributed by atoms with Gasteiger partial charge in [-0.2, -0.15) is 5.10 Å². The van der Waals surface area contributed by atoms with Crippen LogP contribution in [0.1, 0.15) is 5.56 Å². The van der Waals surface area contributed by atoms with Gasteiger partial charge >= 0.3 is 0 Å². The van der Waals surface area contributed by atoms with Gasteiger partial charge in [0.25, 0.3) is 5.56 Å². The molecule has 0 radical (unpaired) electrons. The Hall–Kier alpha value is -4.06. The molecule has 0 fully saturated rings. The van der Waals surface area contributed by atoms with Crippen molar-refractivity contribution in [3.63, 3.8) is 0 Å². The number of hydrogen-bond donors (Lipinski definition) is 0. The zero-order chi connectivity index (χ0) is 20.5. The van der Waals surface area contributed by atoms with Crippen LogP contribution in [0.4, 0.5) is 4.39 Å². The Labute approximate surface area is 171 Å². The molecular formula is C24H17FN4O. The topological polar surface area (TPSA) is 52.7 Å². The number of hydrogen-bond acceptors (Lipinski definition) is 3. The summed E-state index contributed by atoms with van der Waals surface area (Å²) in [7, 11) is 0. The second-order valence-electron chi connectivity index (χ2n) is 6.99. The molecule has 146 valence electrons. The van der Waals surface area contributed by atoms with Crippen molar-refractivity contribution in [2.24, 2.45) is 0 Å². The molecule has 6 heteroatoms. The molecule has 0 saturated heterocycles. The minimum atomic E-state index is -0.414. The fraction of sp³-hybridized carbons (Fsp3) is 0.0417. The summed E-state index contributed by atoms with van der Waals surface area (Å²) in [5.74, 6) is -0.414. The van der Waals surface area contributed by atoms with Gasteiger partial charge < -0.3 is 0 Å². The lowest BCUT2D eigenvalue weighted by Gasteiger charge is -2.07. The number of para-hydroxylation sites is 1. The first-order chi connectivity index (χ1) is 14.7. The second kappa shape index (κ2) is 7.40. The number of benzene rings is 3. The average Bonchev–Trinajstić information content (AvgIpc) is 3.21. The first-order valence-corrected chi connectivity index (χ1v) is 9.53. The third-order valence-electron chi connectivity index (χ3n) is 4.99. The van der Waals surface area contributed by atoms with E-state index in [1.165, 1.54) is 29.1 Å². The maximum absolute atomic E-state index is 13.5. The van der Waals surface area contributed by atoms with E-state index in [4.69, 9.17) is 5.10 Å². The maximum atomic E-state index is 13.5. The van der Waals surface area contributed by atoms with E-state index in [2.05, 4.69) is 4.98 Å². The lowest BCUT2D eigenvalue weighted by molar-refractivity contribution is 0.629. The highest BCUT2D eigenvalue weighted by Gasteiger charge is 2.14. The third-order valence-corrected chi connectivity index (χ3v) is 4.99. The lowest BCUT2D eigenvalue weighted by atomic mass is 10.1. The van der Waals surface area contributed by atoms with Gasteiger partial charge in [0.2, 0.25) is 0 Å². The van der Waals surface area contributed by atoms with Crippen molar-refractivity contribution in [3.05, 3.63) is 113 Å². The van der Waals surface area contributed by atoms with Crippen LogP contribution in [0.25, 0.3) is 27.8 Å². The first kappa shape index (κ1) is 18.0. The molecule has 3 aromatic carbocycles. The Morgan fingerprint density at radius 3 is 2.40 bits per heavy atom. The Kier molecular flexibility index (Phi) is 4.44. The predicted molar refractivity (Wildman–Crippen MR) is 114 cm³/mol. The highest BCUT2D eigenvalue weighted by molar-refractivity contribution is 5.77. The summed E-state index contributed by atoms with van der Waals surface area (Å²) < 4.78 is 16.8. The van der Waals surface area contributed by atoms with Gasteiger partial charge in [-0.15, -0.1) is 0 Å². The third kappa shape index (κ3) is 3.28. The number of nitrogens with zero attached hydrogens (tertiary/aromatic N) is 4. The minimum absolute atomic E-state index is 0.216. The first-order valence-electron chi connectivity index (χ1n) is 9.53. The normalized spacial score (nSPS) is 11.1. The molecule has 5 nitrogen and oxygen atoms in total. The fourth-order valence-corrected chi connectivity index (χ4v) is 3.51. The minimum Gasteiger partial charge on any atom is -0.294 e. The standard InChI is InChI=1S/C24H17FN4O/c25-19-11-12-21-22(13-19)26-16-28(24(21)30)14-18-15-29(20-9-5-2-6-10-20)27-23(18)17-7-3-1-4-8-17/h1-13,15-16H,14H2. The summed E-state index contributed by atoms with van der Waals surface area (Å²) in [6, 6.07) is 23.7. The summed E-state index contributed by atoms with van der Waals surface area (Å²) in [4.78, 5) is 17.2. The SMILES string of the molecule is O=c1c2ccc(F)cc2ncn1Cc1cn(-c2ccccc2)nc1-c1ccccc1. The van der Waals surface area contributed by atoms with Gasteiger partial charge in [-0.25, -0.2) is 14.1 Å². The summed E-state index contributed by atoms with van der Waals surface area (Å²) in [5.41, 5.74) is 3.71. The molecule has 0 N–H and O–H groups in total. The molecule has 0 atom stereocenters. The summed E-state index contributed by atoms with van der Waals surface area (Å²) >= 11 is 0. The maximum Gasteiger partial charge on any atom is 0.261 e. The molecule has 5 rings (SSSR count). The molecule has 0 saturated carbocycles. The Balaban J connectivity index is 1.63. The molecular weight excluding hydrogens is 379 g/mol. The molecule has 2 aromatic heterocycles. The second-order valence-corrected chi connectivity index (χ2v) is 6.99. The van der Waals surface area contributed by atoms with Crippen molar-refractivity contribution in [3.8, 4) is 16.9 Å². The van der Waals surface area contributed by atoms with Crippen LogP contribution in [0.5, 0.6) is 0 Å². The largest absolute Gasteiger partial charge is 0.294 e. The summed E-state index contributed by atoms with van der Waals surface area (Å²) in [6.45, 7) is 0.302. The van der Waals surface area contributed by atoms with Crippen LogP contribution in [0.15, 0.2) is 96.2 Å². The van der Waals surface area contributed by atoms with Crippen molar-refractivity contribution < 1.29 is 4.39 Å². The van der Waals surface area contributed by atoms with E-state index in [9.17, 15) is 9.18 Å². The smallest absolute Gasteiger partial charge is 0.261 e. The van der Waals surface area contributed by atoms with Gasteiger partial charge in [0, 0.05) is 23.4 Å². The van der Waals surface area contributed by atoms with E-state index < -0.39 is 5.82 Å². The van der Waals surface area contributed by atoms with Crippen LogP contribution in [-0.2, 0) is 6.54 Å². The van der Waals surface area contributed by atoms with Crippen molar-refractivity contribution >= 4 is 10.9 Å². The van der Waals surface area contributed by atoms with E-state index in [0.29, 0.717) is 17.4 Å². The van der Waals surface area contributed by atoms with Gasteiger partial charge in [-0.3, -0.25) is 9.36 Å². The molecule has 5 aromatic rings. The molecule has 0 amide bonds. The average molecular weight is 396 g/mol. The van der Waals surface area contributed by atoms with Crippen molar-refractivity contribution in [2.75, 3.05) is 0 Å². The van der Waals surface area contributed by atoms with E-state index in [1.807, 2.05) is 71.5 Å². The summed E-state index contributed by atoms with van der Waals surface area (Å²) in [5, 5.41) is 5.17. The highest BCUT2D eigenvalue weighted by Crippen LogP contribution is 2.24. The molecule has 0 unspecified atom stereocenters. The van der Waals surface area contributed by atoms with Crippen LogP contribution in [-0.4, -0.2) is 19.3 Å². The molecule has 0 bridgehead atoms. The Bertz CT molecular complexity index is 1390. The van der Waals surface area contributed by atoms with Gasteiger partial charge in [0.1, 0.15) is 5.82 Å². The van der Waals surface area contributed by atoms with Crippen LogP contribution in [0, 0.1) is 5.82 Å². The van der Waals surface area contributed by atoms with Crippen molar-refractivity contribution in [2.45, 2.75) is 6.54 Å². The van der Waals surface area contributed by atoms with Gasteiger partial charge in [-0.1, -0.05) is 48.5 Å². The van der Waals surface area contributed by atoms with E-state index in [0.717, 1.165) is 22.5 Å². The predicted octanol–water partition coefficient (Wildman–Crippen LogP) is 4.44. The zero-order valence-corrected chi connectivity index (χ0v) is 15.9. The van der Waals surface area contributed by atoms with Crippen LogP contribution < -0.4 is 5.56 Å². The highest BCUT2D eigenvalue weighted by atomic mass is 19.1. The number of halogens is 1. The number of fused-ring (bicyclic) bond motifs is 1. The zero-order valence-electron chi connectivity index (χ0n) is 15.9. The molecule has 0 aliphatic heterocycles. The quantitative estimate of drug-likeness (QED) is 0.451. The molecule has 30 heavy (non-hydrogen) atoms. The molecule has 2 heterocycles. The molecule has 0 aliphatic carbocycles. The van der Waals surface area contributed by atoms with Crippen molar-refractivity contribution in [1.82, 2.24) is 19.3 Å². The van der Waals surface area contributed by atoms with Gasteiger partial charge in [0.05, 0.1) is 35.2 Å². The van der Waals surface area contributed by atoms with Crippen molar-refractivity contribution in [1.29, 1.82) is 0 Å². The lowest BCUT2D eigenvalue weighted by Crippen LogP contribution is -2.21. The van der Waals surface area contributed by atoms with Gasteiger partial charge in [-0.05, 0) is 24.3 Å². The van der Waals surface area contributed by atoms with Crippen LogP contribution in [0.3, 0.4) is 0 Å². The fourth-order valence-electron chi connectivity index (χ4n) is 3.51. The Morgan fingerprint density at radius 2 is 1.63 bits per heavy atom. The van der Waals surface area contributed by atoms with E-state index >= 15 is 0 Å². The van der Waals surface area contributed by atoms with Gasteiger partial charge in [0.15, 0.2) is 0 Å².